The number of aliphatic hydroxyl groups is 1. The zero-order valence-electron chi connectivity index (χ0n) is 13.4. The molecule has 3 rings (SSSR count). The molecule has 0 saturated heterocycles. The van der Waals surface area contributed by atoms with Crippen LogP contribution in [0.4, 0.5) is 0 Å². The Morgan fingerprint density at radius 2 is 2.08 bits per heavy atom. The maximum atomic E-state index is 12.4. The van der Waals surface area contributed by atoms with Crippen LogP contribution in [0.5, 0.6) is 0 Å². The Morgan fingerprint density at radius 3 is 2.75 bits per heavy atom. The maximum Gasteiger partial charge on any atom is 0.274 e. The molecular formula is C18H18N2O3S. The summed E-state index contributed by atoms with van der Waals surface area (Å²) < 4.78 is 5.38. The zero-order chi connectivity index (χ0) is 17.2. The molecule has 0 aliphatic rings. The number of oxazole rings is 1. The van der Waals surface area contributed by atoms with E-state index in [-0.39, 0.29) is 18.1 Å². The first-order chi connectivity index (χ1) is 11.5. The van der Waals surface area contributed by atoms with Crippen molar-refractivity contribution in [2.24, 2.45) is 0 Å². The summed E-state index contributed by atoms with van der Waals surface area (Å²) >= 11 is 1.50. The second-order valence-corrected chi connectivity index (χ2v) is 6.64. The number of nitrogens with one attached hydrogen (secondary N) is 1. The molecule has 1 amide bonds. The normalized spacial score (nSPS) is 13.5. The van der Waals surface area contributed by atoms with Gasteiger partial charge < -0.3 is 14.8 Å². The molecule has 0 saturated carbocycles. The van der Waals surface area contributed by atoms with E-state index in [0.29, 0.717) is 5.76 Å². The molecule has 0 radical (unpaired) electrons. The molecule has 0 bridgehead atoms. The van der Waals surface area contributed by atoms with Gasteiger partial charge in [-0.05, 0) is 36.2 Å². The van der Waals surface area contributed by atoms with Gasteiger partial charge in [-0.15, -0.1) is 0 Å². The standard InChI is InChI=1S/C18H18N2O3S/c1-12-3-5-13(6-4-12)16-15(20-11-23-16)17(21)19-10-18(2,22)14-7-8-24-9-14/h3-9,11,22H,10H2,1-2H3,(H,19,21). The van der Waals surface area contributed by atoms with E-state index in [1.165, 1.54) is 17.7 Å². The maximum absolute atomic E-state index is 12.4. The highest BCUT2D eigenvalue weighted by Gasteiger charge is 2.26. The van der Waals surface area contributed by atoms with Crippen molar-refractivity contribution in [2.75, 3.05) is 6.54 Å². The van der Waals surface area contributed by atoms with E-state index < -0.39 is 5.60 Å². The molecule has 5 nitrogen and oxygen atoms in total. The van der Waals surface area contributed by atoms with Crippen LogP contribution >= 0.6 is 11.3 Å². The Hall–Kier alpha value is -2.44. The summed E-state index contributed by atoms with van der Waals surface area (Å²) in [5.41, 5.74) is 1.75. The summed E-state index contributed by atoms with van der Waals surface area (Å²) in [4.78, 5) is 16.5. The monoisotopic (exact) mass is 342 g/mol. The fraction of sp³-hybridized carbons (Fsp3) is 0.222. The van der Waals surface area contributed by atoms with Crippen LogP contribution in [0.15, 0.2) is 51.9 Å². The molecule has 2 heterocycles. The molecular weight excluding hydrogens is 324 g/mol. The van der Waals surface area contributed by atoms with Gasteiger partial charge >= 0.3 is 0 Å². The third-order valence-electron chi connectivity index (χ3n) is 3.83. The fourth-order valence-corrected chi connectivity index (χ4v) is 3.11. The summed E-state index contributed by atoms with van der Waals surface area (Å²) in [6, 6.07) is 9.49. The van der Waals surface area contributed by atoms with Gasteiger partial charge in [0.25, 0.3) is 5.91 Å². The highest BCUT2D eigenvalue weighted by molar-refractivity contribution is 7.08. The minimum absolute atomic E-state index is 0.0861. The molecule has 124 valence electrons. The molecule has 0 spiro atoms. The number of hydrogen-bond donors (Lipinski definition) is 2. The number of amides is 1. The molecule has 6 heteroatoms. The van der Waals surface area contributed by atoms with Gasteiger partial charge in [0.05, 0.1) is 6.54 Å². The first-order valence-corrected chi connectivity index (χ1v) is 8.45. The van der Waals surface area contributed by atoms with Gasteiger partial charge in [0.2, 0.25) is 0 Å². The van der Waals surface area contributed by atoms with Crippen molar-refractivity contribution in [1.82, 2.24) is 10.3 Å². The van der Waals surface area contributed by atoms with Gasteiger partial charge in [-0.25, -0.2) is 4.98 Å². The van der Waals surface area contributed by atoms with Gasteiger partial charge in [-0.1, -0.05) is 29.8 Å². The number of nitrogens with zero attached hydrogens (tertiary/aromatic N) is 1. The van der Waals surface area contributed by atoms with Crippen LogP contribution in [0.3, 0.4) is 0 Å². The number of thiophene rings is 1. The van der Waals surface area contributed by atoms with E-state index in [2.05, 4.69) is 10.3 Å². The molecule has 1 atom stereocenters. The van der Waals surface area contributed by atoms with E-state index in [0.717, 1.165) is 16.7 Å². The first kappa shape index (κ1) is 16.4. The van der Waals surface area contributed by atoms with Crippen molar-refractivity contribution in [2.45, 2.75) is 19.4 Å². The Kier molecular flexibility index (Phi) is 4.51. The molecule has 2 aromatic heterocycles. The molecule has 1 unspecified atom stereocenters. The molecule has 1 aromatic carbocycles. The van der Waals surface area contributed by atoms with Crippen LogP contribution in [0.1, 0.15) is 28.5 Å². The second kappa shape index (κ2) is 6.59. The number of carbonyl (C=O) groups excluding carboxylic acids is 1. The van der Waals surface area contributed by atoms with Gasteiger partial charge in [0.15, 0.2) is 17.8 Å². The molecule has 24 heavy (non-hydrogen) atoms. The number of carbonyl (C=O) groups is 1. The van der Waals surface area contributed by atoms with Gasteiger partial charge in [-0.3, -0.25) is 4.79 Å². The van der Waals surface area contributed by atoms with E-state index >= 15 is 0 Å². The van der Waals surface area contributed by atoms with Crippen LogP contribution in [0.2, 0.25) is 0 Å². The number of hydrogen-bond acceptors (Lipinski definition) is 5. The SMILES string of the molecule is Cc1ccc(-c2ocnc2C(=O)NCC(C)(O)c2ccsc2)cc1. The molecule has 0 fully saturated rings. The van der Waals surface area contributed by atoms with Crippen LogP contribution in [0, 0.1) is 6.92 Å². The highest BCUT2D eigenvalue weighted by Crippen LogP contribution is 2.25. The van der Waals surface area contributed by atoms with Crippen LogP contribution in [-0.2, 0) is 5.60 Å². The largest absolute Gasteiger partial charge is 0.443 e. The lowest BCUT2D eigenvalue weighted by molar-refractivity contribution is 0.0529. The predicted molar refractivity (Wildman–Crippen MR) is 92.9 cm³/mol. The number of aromatic nitrogens is 1. The second-order valence-electron chi connectivity index (χ2n) is 5.86. The van der Waals surface area contributed by atoms with E-state index in [9.17, 15) is 9.90 Å². The van der Waals surface area contributed by atoms with Crippen LogP contribution < -0.4 is 5.32 Å². The third kappa shape index (κ3) is 3.39. The molecule has 0 aliphatic heterocycles. The lowest BCUT2D eigenvalue weighted by atomic mass is 9.99. The van der Waals surface area contributed by atoms with Gasteiger partial charge in [0.1, 0.15) is 5.60 Å². The summed E-state index contributed by atoms with van der Waals surface area (Å²) in [6.07, 6.45) is 1.25. The van der Waals surface area contributed by atoms with Crippen LogP contribution in [0.25, 0.3) is 11.3 Å². The molecule has 0 aliphatic carbocycles. The Labute approximate surface area is 144 Å². The van der Waals surface area contributed by atoms with Crippen molar-refractivity contribution < 1.29 is 14.3 Å². The minimum Gasteiger partial charge on any atom is -0.443 e. The van der Waals surface area contributed by atoms with Crippen molar-refractivity contribution in [1.29, 1.82) is 0 Å². The number of benzene rings is 1. The van der Waals surface area contributed by atoms with E-state index in [4.69, 9.17) is 4.42 Å². The number of aryl methyl sites for hydroxylation is 1. The average Bonchev–Trinajstić information content (AvgIpc) is 3.25. The van der Waals surface area contributed by atoms with Crippen molar-refractivity contribution >= 4 is 17.2 Å². The lowest BCUT2D eigenvalue weighted by Crippen LogP contribution is -2.38. The fourth-order valence-electron chi connectivity index (χ4n) is 2.33. The molecule has 3 aromatic rings. The minimum atomic E-state index is -1.14. The number of rotatable bonds is 5. The highest BCUT2D eigenvalue weighted by atomic mass is 32.1. The lowest BCUT2D eigenvalue weighted by Gasteiger charge is -2.22. The summed E-state index contributed by atoms with van der Waals surface area (Å²) in [6.45, 7) is 3.74. The van der Waals surface area contributed by atoms with Gasteiger partial charge in [-0.2, -0.15) is 11.3 Å². The zero-order valence-corrected chi connectivity index (χ0v) is 14.3. The summed E-state index contributed by atoms with van der Waals surface area (Å²) in [7, 11) is 0. The topological polar surface area (TPSA) is 75.4 Å². The van der Waals surface area contributed by atoms with Crippen molar-refractivity contribution in [3.8, 4) is 11.3 Å². The Balaban J connectivity index is 1.75. The van der Waals surface area contributed by atoms with Crippen molar-refractivity contribution in [3.05, 3.63) is 64.3 Å². The predicted octanol–water partition coefficient (Wildman–Crippen LogP) is 3.35. The smallest absolute Gasteiger partial charge is 0.274 e. The first-order valence-electron chi connectivity index (χ1n) is 7.51. The van der Waals surface area contributed by atoms with E-state index in [1.807, 2.05) is 48.0 Å². The van der Waals surface area contributed by atoms with Crippen LogP contribution in [-0.4, -0.2) is 22.5 Å². The van der Waals surface area contributed by atoms with E-state index in [1.54, 1.807) is 6.92 Å². The van der Waals surface area contributed by atoms with Gasteiger partial charge in [0, 0.05) is 5.56 Å². The molecule has 2 N–H and O–H groups in total. The van der Waals surface area contributed by atoms with Crippen molar-refractivity contribution in [3.63, 3.8) is 0 Å². The summed E-state index contributed by atoms with van der Waals surface area (Å²) in [5, 5.41) is 17.0. The third-order valence-corrected chi connectivity index (χ3v) is 4.52. The Bertz CT molecular complexity index is 820. The summed E-state index contributed by atoms with van der Waals surface area (Å²) in [5.74, 6) is 0.0394. The Morgan fingerprint density at radius 1 is 1.33 bits per heavy atom. The average molecular weight is 342 g/mol. The quantitative estimate of drug-likeness (QED) is 0.745.